The van der Waals surface area contributed by atoms with Gasteiger partial charge in [0.25, 0.3) is 0 Å². The predicted molar refractivity (Wildman–Crippen MR) is 17.8 cm³/mol. The molecule has 0 fully saturated rings. The van der Waals surface area contributed by atoms with Crippen LogP contribution in [-0.2, 0) is 39.6 Å². The molecule has 0 aromatic rings. The van der Waals surface area contributed by atoms with Gasteiger partial charge >= 0.3 is 39.6 Å². The third-order valence-electron chi connectivity index (χ3n) is 0. The van der Waals surface area contributed by atoms with Gasteiger partial charge in [0, 0.05) is 0 Å². The van der Waals surface area contributed by atoms with Crippen molar-refractivity contribution in [3.8, 4) is 0 Å². The summed E-state index contributed by atoms with van der Waals surface area (Å²) in [4.78, 5) is 0. The third kappa shape index (κ3) is 5880. The van der Waals surface area contributed by atoms with Crippen LogP contribution in [0.2, 0.25) is 0 Å². The van der Waals surface area contributed by atoms with Gasteiger partial charge < -0.3 is 0 Å². The minimum Gasteiger partial charge on any atom is -0.168 e. The van der Waals surface area contributed by atoms with Crippen molar-refractivity contribution in [2.45, 2.75) is 0 Å². The fraction of sp³-hybridized carbons (Fsp3) is 0. The second-order valence-electron chi connectivity index (χ2n) is 0.136. The van der Waals surface area contributed by atoms with Gasteiger partial charge in [0.05, 0.1) is 0 Å². The van der Waals surface area contributed by atoms with E-state index in [1.165, 1.54) is 0 Å². The third-order valence-corrected chi connectivity index (χ3v) is 0. The molecule has 0 atom stereocenters. The monoisotopic (exact) mass is 186 g/mol. The molecule has 0 rings (SSSR count). The molecule has 0 amide bonds. The average molecular weight is 187 g/mol. The van der Waals surface area contributed by atoms with Crippen LogP contribution >= 0.6 is 0 Å². The summed E-state index contributed by atoms with van der Waals surface area (Å²) in [5.74, 6) is 0. The summed E-state index contributed by atoms with van der Waals surface area (Å²) in [5.41, 5.74) is 0. The molecule has 0 aliphatic carbocycles. The molecule has 0 radical (unpaired) electrons. The van der Waals surface area contributed by atoms with E-state index in [1.807, 2.05) is 0 Å². The Morgan fingerprint density at radius 3 is 0.714 bits per heavy atom. The molecule has 0 aliphatic heterocycles. The summed E-state index contributed by atoms with van der Waals surface area (Å²) in [6, 6.07) is 0. The van der Waals surface area contributed by atoms with E-state index < -0.39 is 23.1 Å². The minimum atomic E-state index is -0.750. The van der Waals surface area contributed by atoms with Crippen molar-refractivity contribution >= 4 is 23.1 Å². The van der Waals surface area contributed by atoms with Crippen LogP contribution in [0.3, 0.4) is 0 Å². The summed E-state index contributed by atoms with van der Waals surface area (Å²) in [7, 11) is 0. The van der Waals surface area contributed by atoms with Gasteiger partial charge in [0.2, 0.25) is 0 Å². The van der Waals surface area contributed by atoms with E-state index in [0.717, 1.165) is 0 Å². The molecule has 0 spiro atoms. The first-order valence-electron chi connectivity index (χ1n) is 0.667. The van der Waals surface area contributed by atoms with Crippen molar-refractivity contribution in [3.05, 3.63) is 0 Å². The van der Waals surface area contributed by atoms with Gasteiger partial charge in [-0.1, -0.05) is 0 Å². The summed E-state index contributed by atoms with van der Waals surface area (Å²) in [6.45, 7) is 0. The Hall–Kier alpha value is 0.134. The average Bonchev–Trinajstić information content (AvgIpc) is 1.39. The minimum absolute atomic E-state index is 0. The number of hydrogen-bond acceptors (Lipinski definition) is 4. The second kappa shape index (κ2) is 35.5. The zero-order valence-corrected chi connectivity index (χ0v) is 5.39. The molecule has 0 aromatic heterocycles. The van der Waals surface area contributed by atoms with Gasteiger partial charge in [-0.25, -0.2) is 0 Å². The van der Waals surface area contributed by atoms with Crippen LogP contribution in [0.1, 0.15) is 0 Å². The second-order valence-corrected chi connectivity index (χ2v) is 0.408. The van der Waals surface area contributed by atoms with E-state index in [2.05, 4.69) is 0 Å². The molecule has 0 aromatic carbocycles. The maximum atomic E-state index is 8.29. The first kappa shape index (κ1) is 15.7. The van der Waals surface area contributed by atoms with Crippen LogP contribution in [-0.4, -0.2) is 16.8 Å². The molecule has 0 bridgehead atoms. The van der Waals surface area contributed by atoms with E-state index in [-0.39, 0.29) is 16.5 Å². The van der Waals surface area contributed by atoms with Crippen LogP contribution in [0, 0.1) is 0 Å². The predicted octanol–water partition coefficient (Wildman–Crippen LogP) is -1.34. The van der Waals surface area contributed by atoms with Crippen LogP contribution in [0.4, 0.5) is 0 Å². The van der Waals surface area contributed by atoms with Crippen LogP contribution in [0.15, 0.2) is 0 Å². The largest absolute Gasteiger partial charge is 2.00 e. The maximum absolute atomic E-state index is 8.29. The maximum Gasteiger partial charge on any atom is 2.00 e. The normalized spacial score (nSPS) is 3.43. The molecule has 0 aliphatic rings. The van der Waals surface area contributed by atoms with Crippen LogP contribution in [0.25, 0.3) is 0 Å². The Bertz CT molecular complexity index is 63.7. The molecule has 7 heteroatoms. The molecule has 4 nitrogen and oxygen atoms in total. The van der Waals surface area contributed by atoms with Crippen LogP contribution < -0.4 is 0 Å². The van der Waals surface area contributed by atoms with Gasteiger partial charge in [-0.2, -0.15) is 16.8 Å². The van der Waals surface area contributed by atoms with E-state index in [1.54, 1.807) is 0 Å². The Kier molecular flexibility index (Phi) is 79.7. The van der Waals surface area contributed by atoms with E-state index in [4.69, 9.17) is 16.8 Å². The molecule has 0 unspecified atom stereocenters. The van der Waals surface area contributed by atoms with Gasteiger partial charge in [-0.15, -0.1) is 0 Å². The Morgan fingerprint density at radius 2 is 0.714 bits per heavy atom. The summed E-state index contributed by atoms with van der Waals surface area (Å²) in [6.07, 6.45) is 0. The summed E-state index contributed by atoms with van der Waals surface area (Å²) in [5, 5.41) is 0. The van der Waals surface area contributed by atoms with Gasteiger partial charge in [-0.05, 0) is 0 Å². The smallest absolute Gasteiger partial charge is 0.168 e. The van der Waals surface area contributed by atoms with E-state index in [0.29, 0.717) is 0 Å². The van der Waals surface area contributed by atoms with Crippen molar-refractivity contribution in [2.75, 3.05) is 0 Å². The molecule has 0 heterocycles. The van der Waals surface area contributed by atoms with E-state index >= 15 is 0 Å². The quantitative estimate of drug-likeness (QED) is 0.440. The molecule has 44 valence electrons. The van der Waals surface area contributed by atoms with Gasteiger partial charge in [0.1, 0.15) is 0 Å². The SMILES string of the molecule is O=S=O.O=S=O.[Ni+2]. The fourth-order valence-corrected chi connectivity index (χ4v) is 0. The fourth-order valence-electron chi connectivity index (χ4n) is 0. The zero-order valence-electron chi connectivity index (χ0n) is 2.77. The Balaban J connectivity index is -0.0000000400. The van der Waals surface area contributed by atoms with Gasteiger partial charge in [0.15, 0.2) is 0 Å². The number of hydrogen-bond donors (Lipinski definition) is 0. The van der Waals surface area contributed by atoms with Crippen molar-refractivity contribution in [1.29, 1.82) is 0 Å². The molecular formula is NiO4S2+2. The van der Waals surface area contributed by atoms with Crippen molar-refractivity contribution < 1.29 is 33.3 Å². The first-order chi connectivity index (χ1) is 2.83. The standard InChI is InChI=1S/Ni.2O2S/c;2*1-3-2/q+2;;. The van der Waals surface area contributed by atoms with Gasteiger partial charge in [-0.3, -0.25) is 0 Å². The molecular weight excluding hydrogens is 187 g/mol. The Morgan fingerprint density at radius 1 is 0.714 bits per heavy atom. The summed E-state index contributed by atoms with van der Waals surface area (Å²) >= 11 is -1.50. The molecule has 7 heavy (non-hydrogen) atoms. The summed E-state index contributed by atoms with van der Waals surface area (Å²) < 4.78 is 33.2. The van der Waals surface area contributed by atoms with E-state index in [9.17, 15) is 0 Å². The zero-order chi connectivity index (χ0) is 5.41. The number of rotatable bonds is 0. The van der Waals surface area contributed by atoms with Crippen molar-refractivity contribution in [3.63, 3.8) is 0 Å². The van der Waals surface area contributed by atoms with Crippen LogP contribution in [0.5, 0.6) is 0 Å². The van der Waals surface area contributed by atoms with Crippen molar-refractivity contribution in [2.24, 2.45) is 0 Å². The molecule has 0 N–H and O–H groups in total. The van der Waals surface area contributed by atoms with Crippen molar-refractivity contribution in [1.82, 2.24) is 0 Å². The molecule has 0 saturated carbocycles. The molecule has 0 saturated heterocycles. The topological polar surface area (TPSA) is 68.3 Å². The first-order valence-corrected chi connectivity index (χ1v) is 2.00. The Labute approximate surface area is 56.8 Å².